The van der Waals surface area contributed by atoms with E-state index in [1.165, 1.54) is 5.56 Å². The molecule has 8 heteroatoms. The third-order valence-corrected chi connectivity index (χ3v) is 5.87. The Morgan fingerprint density at radius 3 is 2.80 bits per heavy atom. The largest absolute Gasteiger partial charge is 0.497 e. The van der Waals surface area contributed by atoms with E-state index in [0.717, 1.165) is 35.3 Å². The summed E-state index contributed by atoms with van der Waals surface area (Å²) in [5.41, 5.74) is 1.17. The zero-order valence-electron chi connectivity index (χ0n) is 16.7. The number of methoxy groups -OCH3 is 1. The molecule has 0 bridgehead atoms. The molecule has 1 aromatic heterocycles. The van der Waals surface area contributed by atoms with Crippen LogP contribution in [0.1, 0.15) is 17.8 Å². The average Bonchev–Trinajstić information content (AvgIpc) is 3.13. The van der Waals surface area contributed by atoms with Crippen molar-refractivity contribution in [1.82, 2.24) is 14.8 Å². The van der Waals surface area contributed by atoms with Crippen molar-refractivity contribution in [3.05, 3.63) is 76.6 Å². The number of rotatable bonds is 11. The molecule has 0 amide bonds. The smallest absolute Gasteiger partial charge is 0.191 e. The van der Waals surface area contributed by atoms with Crippen LogP contribution in [-0.2, 0) is 18.7 Å². The van der Waals surface area contributed by atoms with Crippen molar-refractivity contribution in [1.29, 1.82) is 0 Å². The molecular formula is C22H23Cl2N3O2S. The van der Waals surface area contributed by atoms with Gasteiger partial charge in [0.05, 0.1) is 18.7 Å². The molecule has 0 aliphatic heterocycles. The second-order valence-electron chi connectivity index (χ2n) is 6.47. The zero-order chi connectivity index (χ0) is 21.3. The number of allylic oxidation sites excluding steroid dienone is 1. The van der Waals surface area contributed by atoms with Crippen molar-refractivity contribution in [2.75, 3.05) is 13.7 Å². The lowest BCUT2D eigenvalue weighted by Crippen LogP contribution is -2.07. The van der Waals surface area contributed by atoms with Crippen LogP contribution >= 0.6 is 35.0 Å². The number of ether oxygens (including phenoxy) is 2. The second kappa shape index (κ2) is 11.3. The lowest BCUT2D eigenvalue weighted by Gasteiger charge is -2.10. The first kappa shape index (κ1) is 22.5. The highest BCUT2D eigenvalue weighted by molar-refractivity contribution is 7.98. The van der Waals surface area contributed by atoms with E-state index in [2.05, 4.69) is 27.4 Å². The van der Waals surface area contributed by atoms with Gasteiger partial charge in [-0.2, -0.15) is 0 Å². The van der Waals surface area contributed by atoms with Crippen molar-refractivity contribution in [3.63, 3.8) is 0 Å². The highest BCUT2D eigenvalue weighted by atomic mass is 35.5. The molecule has 0 fully saturated rings. The molecule has 0 unspecified atom stereocenters. The van der Waals surface area contributed by atoms with Crippen LogP contribution in [0.5, 0.6) is 11.5 Å². The van der Waals surface area contributed by atoms with Crippen LogP contribution in [0.3, 0.4) is 0 Å². The predicted molar refractivity (Wildman–Crippen MR) is 123 cm³/mol. The van der Waals surface area contributed by atoms with Crippen molar-refractivity contribution < 1.29 is 9.47 Å². The monoisotopic (exact) mass is 463 g/mol. The number of benzene rings is 2. The summed E-state index contributed by atoms with van der Waals surface area (Å²) in [5.74, 6) is 3.17. The molecule has 0 saturated heterocycles. The van der Waals surface area contributed by atoms with E-state index in [1.54, 1.807) is 37.1 Å². The molecule has 1 heterocycles. The minimum atomic E-state index is 0.508. The molecule has 3 rings (SSSR count). The van der Waals surface area contributed by atoms with E-state index in [0.29, 0.717) is 28.9 Å². The quantitative estimate of drug-likeness (QED) is 0.195. The Hall–Kier alpha value is -2.15. The third kappa shape index (κ3) is 6.17. The van der Waals surface area contributed by atoms with Crippen LogP contribution in [-0.4, -0.2) is 28.5 Å². The molecule has 0 atom stereocenters. The number of halogens is 2. The summed E-state index contributed by atoms with van der Waals surface area (Å²) in [4.78, 5) is 0. The van der Waals surface area contributed by atoms with E-state index >= 15 is 0 Å². The molecule has 5 nitrogen and oxygen atoms in total. The van der Waals surface area contributed by atoms with Gasteiger partial charge in [-0.15, -0.1) is 16.8 Å². The Bertz CT molecular complexity index is 994. The normalized spacial score (nSPS) is 10.8. The van der Waals surface area contributed by atoms with Gasteiger partial charge >= 0.3 is 0 Å². The van der Waals surface area contributed by atoms with E-state index in [4.69, 9.17) is 32.7 Å². The van der Waals surface area contributed by atoms with Crippen LogP contribution in [0.25, 0.3) is 0 Å². The lowest BCUT2D eigenvalue weighted by atomic mass is 10.2. The molecule has 0 saturated carbocycles. The molecule has 158 valence electrons. The Morgan fingerprint density at radius 2 is 2.03 bits per heavy atom. The molecule has 2 aromatic carbocycles. The van der Waals surface area contributed by atoms with Crippen molar-refractivity contribution in [2.45, 2.75) is 30.3 Å². The summed E-state index contributed by atoms with van der Waals surface area (Å²) in [5, 5.41) is 10.7. The standard InChI is InChI=1S/C22H23Cl2N3O2S/c1-3-11-27-21(8-5-12-29-20-10-9-17(23)14-19(20)24)25-26-22(27)30-15-16-6-4-7-18(13-16)28-2/h3-4,6-7,9-10,13-14H,1,5,8,11-12,15H2,2H3. The average molecular weight is 464 g/mol. The first-order valence-electron chi connectivity index (χ1n) is 9.47. The fourth-order valence-corrected chi connectivity index (χ4v) is 4.21. The van der Waals surface area contributed by atoms with Crippen molar-refractivity contribution >= 4 is 35.0 Å². The van der Waals surface area contributed by atoms with Crippen LogP contribution in [0.4, 0.5) is 0 Å². The highest BCUT2D eigenvalue weighted by Crippen LogP contribution is 2.28. The van der Waals surface area contributed by atoms with Crippen LogP contribution < -0.4 is 9.47 Å². The lowest BCUT2D eigenvalue weighted by molar-refractivity contribution is 0.309. The van der Waals surface area contributed by atoms with Gasteiger partial charge in [-0.05, 0) is 42.3 Å². The minimum Gasteiger partial charge on any atom is -0.497 e. The second-order valence-corrected chi connectivity index (χ2v) is 8.25. The molecular weight excluding hydrogens is 441 g/mol. The SMILES string of the molecule is C=CCn1c(CCCOc2ccc(Cl)cc2Cl)nnc1SCc1cccc(OC)c1. The molecule has 30 heavy (non-hydrogen) atoms. The fraction of sp³-hybridized carbons (Fsp3) is 0.273. The Morgan fingerprint density at radius 1 is 1.17 bits per heavy atom. The summed E-state index contributed by atoms with van der Waals surface area (Å²) in [6.07, 6.45) is 3.38. The molecule has 3 aromatic rings. The maximum Gasteiger partial charge on any atom is 0.191 e. The number of thioether (sulfide) groups is 1. The van der Waals surface area contributed by atoms with Crippen molar-refractivity contribution in [3.8, 4) is 11.5 Å². The third-order valence-electron chi connectivity index (χ3n) is 4.30. The summed E-state index contributed by atoms with van der Waals surface area (Å²) < 4.78 is 13.1. The zero-order valence-corrected chi connectivity index (χ0v) is 19.0. The van der Waals surface area contributed by atoms with Gasteiger partial charge < -0.3 is 14.0 Å². The maximum atomic E-state index is 6.14. The number of aryl methyl sites for hydroxylation is 1. The molecule has 0 N–H and O–H groups in total. The Labute approximate surface area is 191 Å². The number of nitrogens with zero attached hydrogens (tertiary/aromatic N) is 3. The summed E-state index contributed by atoms with van der Waals surface area (Å²) in [7, 11) is 1.67. The minimum absolute atomic E-state index is 0.508. The Balaban J connectivity index is 1.57. The van der Waals surface area contributed by atoms with E-state index in [1.807, 2.05) is 24.3 Å². The topological polar surface area (TPSA) is 49.2 Å². The summed E-state index contributed by atoms with van der Waals surface area (Å²) in [6, 6.07) is 13.2. The highest BCUT2D eigenvalue weighted by Gasteiger charge is 2.12. The van der Waals surface area contributed by atoms with Gasteiger partial charge in [-0.1, -0.05) is 53.2 Å². The summed E-state index contributed by atoms with van der Waals surface area (Å²) >= 11 is 13.7. The number of hydrogen-bond acceptors (Lipinski definition) is 5. The fourth-order valence-electron chi connectivity index (χ4n) is 2.84. The van der Waals surface area contributed by atoms with E-state index < -0.39 is 0 Å². The molecule has 0 aliphatic rings. The van der Waals surface area contributed by atoms with Gasteiger partial charge in [0.15, 0.2) is 5.16 Å². The molecule has 0 aliphatic carbocycles. The number of aromatic nitrogens is 3. The first-order chi connectivity index (χ1) is 14.6. The van der Waals surface area contributed by atoms with Crippen LogP contribution in [0.2, 0.25) is 10.0 Å². The van der Waals surface area contributed by atoms with Crippen molar-refractivity contribution in [2.24, 2.45) is 0 Å². The van der Waals surface area contributed by atoms with Gasteiger partial charge in [-0.25, -0.2) is 0 Å². The molecule has 0 radical (unpaired) electrons. The van der Waals surface area contributed by atoms with Crippen LogP contribution in [0.15, 0.2) is 60.3 Å². The van der Waals surface area contributed by atoms with Gasteiger partial charge in [0.1, 0.15) is 17.3 Å². The van der Waals surface area contributed by atoms with Gasteiger partial charge in [0.2, 0.25) is 0 Å². The van der Waals surface area contributed by atoms with Gasteiger partial charge in [-0.3, -0.25) is 0 Å². The maximum absolute atomic E-state index is 6.14. The number of hydrogen-bond donors (Lipinski definition) is 0. The van der Waals surface area contributed by atoms with E-state index in [-0.39, 0.29) is 0 Å². The van der Waals surface area contributed by atoms with Gasteiger partial charge in [0, 0.05) is 23.7 Å². The summed E-state index contributed by atoms with van der Waals surface area (Å²) in [6.45, 7) is 5.04. The van der Waals surface area contributed by atoms with Crippen LogP contribution in [0, 0.1) is 0 Å². The Kier molecular flexibility index (Phi) is 8.49. The van der Waals surface area contributed by atoms with Gasteiger partial charge in [0.25, 0.3) is 0 Å². The predicted octanol–water partition coefficient (Wildman–Crippen LogP) is 6.08. The van der Waals surface area contributed by atoms with E-state index in [9.17, 15) is 0 Å². The first-order valence-corrected chi connectivity index (χ1v) is 11.2. The molecule has 0 spiro atoms.